The third-order valence-electron chi connectivity index (χ3n) is 3.20. The zero-order valence-electron chi connectivity index (χ0n) is 13.5. The largest absolute Gasteiger partial charge is 0.477 e. The summed E-state index contributed by atoms with van der Waals surface area (Å²) in [7, 11) is 0. The number of carboxylic acids is 1. The van der Waals surface area contributed by atoms with Crippen LogP contribution in [0.5, 0.6) is 5.75 Å². The molecule has 1 aromatic heterocycles. The maximum Gasteiger partial charge on any atom is 0.417 e. The minimum Gasteiger partial charge on any atom is -0.477 e. The summed E-state index contributed by atoms with van der Waals surface area (Å²) in [5, 5.41) is 8.31. The number of rotatable bonds is 6. The number of carboxylic acid groups (broad SMARTS) is 1. The molecule has 0 aliphatic carbocycles. The Bertz CT molecular complexity index is 861. The number of halogens is 6. The maximum atomic E-state index is 14.3. The van der Waals surface area contributed by atoms with E-state index in [4.69, 9.17) is 37.8 Å². The number of hydrogen-bond acceptors (Lipinski definition) is 4. The smallest absolute Gasteiger partial charge is 0.417 e. The Morgan fingerprint density at radius 1 is 1.26 bits per heavy atom. The number of nitrogens with zero attached hydrogens (tertiary/aromatic N) is 1. The van der Waals surface area contributed by atoms with Gasteiger partial charge in [0, 0.05) is 18.4 Å². The zero-order valence-corrected chi connectivity index (χ0v) is 15.0. The average Bonchev–Trinajstić information content (AvgIpc) is 2.56. The monoisotopic (exact) mass is 427 g/mol. The van der Waals surface area contributed by atoms with E-state index in [9.17, 15) is 22.4 Å². The molecule has 1 heterocycles. The fraction of sp³-hybridized carbons (Fsp3) is 0.250. The predicted octanol–water partition coefficient (Wildman–Crippen LogP) is 5.04. The van der Waals surface area contributed by atoms with Crippen LogP contribution in [0.4, 0.5) is 17.6 Å². The Kier molecular flexibility index (Phi) is 6.50. The zero-order chi connectivity index (χ0) is 20.4. The van der Waals surface area contributed by atoms with Gasteiger partial charge in [0.05, 0.1) is 21.3 Å². The van der Waals surface area contributed by atoms with Crippen LogP contribution < -0.4 is 4.74 Å². The summed E-state index contributed by atoms with van der Waals surface area (Å²) < 4.78 is 62.4. The summed E-state index contributed by atoms with van der Waals surface area (Å²) in [6.07, 6.45) is -5.90. The molecule has 1 aromatic carbocycles. The third kappa shape index (κ3) is 5.00. The van der Waals surface area contributed by atoms with Crippen LogP contribution in [0.2, 0.25) is 10.0 Å². The molecule has 2 aromatic rings. The van der Waals surface area contributed by atoms with Gasteiger partial charge in [-0.2, -0.15) is 13.2 Å². The molecular weight excluding hydrogens is 417 g/mol. The van der Waals surface area contributed by atoms with Crippen molar-refractivity contribution in [3.63, 3.8) is 0 Å². The molecule has 0 saturated heterocycles. The number of aromatic nitrogens is 1. The molecule has 2 rings (SSSR count). The average molecular weight is 428 g/mol. The second-order valence-electron chi connectivity index (χ2n) is 5.06. The van der Waals surface area contributed by atoms with Gasteiger partial charge in [-0.05, 0) is 25.1 Å². The van der Waals surface area contributed by atoms with E-state index in [0.717, 1.165) is 12.1 Å². The first-order valence-electron chi connectivity index (χ1n) is 7.27. The first kappa shape index (κ1) is 21.2. The number of aliphatic carboxylic acids is 1. The van der Waals surface area contributed by atoms with Crippen LogP contribution in [0.3, 0.4) is 0 Å². The first-order chi connectivity index (χ1) is 12.5. The van der Waals surface area contributed by atoms with E-state index < -0.39 is 34.8 Å². The van der Waals surface area contributed by atoms with E-state index in [1.54, 1.807) is 0 Å². The molecule has 0 aliphatic heterocycles. The molecule has 5 nitrogen and oxygen atoms in total. The number of pyridine rings is 1. The lowest BCUT2D eigenvalue weighted by molar-refractivity contribution is -0.170. The van der Waals surface area contributed by atoms with Gasteiger partial charge in [-0.15, -0.1) is 0 Å². The van der Waals surface area contributed by atoms with E-state index in [0.29, 0.717) is 12.3 Å². The predicted molar refractivity (Wildman–Crippen MR) is 88.3 cm³/mol. The fourth-order valence-corrected chi connectivity index (χ4v) is 2.48. The van der Waals surface area contributed by atoms with Crippen molar-refractivity contribution in [1.29, 1.82) is 0 Å². The van der Waals surface area contributed by atoms with Crippen LogP contribution in [0.1, 0.15) is 12.5 Å². The first-order valence-corrected chi connectivity index (χ1v) is 8.03. The lowest BCUT2D eigenvalue weighted by atomic mass is 10.1. The van der Waals surface area contributed by atoms with Gasteiger partial charge in [0.15, 0.2) is 0 Å². The molecule has 0 saturated carbocycles. The van der Waals surface area contributed by atoms with E-state index >= 15 is 0 Å². The van der Waals surface area contributed by atoms with Crippen molar-refractivity contribution in [1.82, 2.24) is 4.98 Å². The maximum absolute atomic E-state index is 14.3. The highest BCUT2D eigenvalue weighted by molar-refractivity contribution is 6.33. The van der Waals surface area contributed by atoms with Gasteiger partial charge in [0.25, 0.3) is 6.29 Å². The standard InChI is InChI=1S/C16H11Cl2F4NO4/c1-2-26-15(14(24)25)27-12-4-8(11(19)5-9(12)17)13-10(18)3-7(6-23-13)16(20,21)22/h3-6,15H,2H2,1H3,(H,24,25). The molecule has 27 heavy (non-hydrogen) atoms. The van der Waals surface area contributed by atoms with Crippen molar-refractivity contribution in [3.8, 4) is 17.0 Å². The Morgan fingerprint density at radius 2 is 1.93 bits per heavy atom. The van der Waals surface area contributed by atoms with Crippen molar-refractivity contribution in [3.05, 3.63) is 45.8 Å². The second kappa shape index (κ2) is 8.28. The van der Waals surface area contributed by atoms with Crippen LogP contribution >= 0.6 is 23.2 Å². The molecule has 0 radical (unpaired) electrons. The summed E-state index contributed by atoms with van der Waals surface area (Å²) in [5.74, 6) is -2.67. The van der Waals surface area contributed by atoms with Crippen molar-refractivity contribution in [2.24, 2.45) is 0 Å². The van der Waals surface area contributed by atoms with Gasteiger partial charge in [-0.25, -0.2) is 9.18 Å². The number of hydrogen-bond donors (Lipinski definition) is 1. The fourth-order valence-electron chi connectivity index (χ4n) is 2.01. The molecule has 146 valence electrons. The molecule has 11 heteroatoms. The van der Waals surface area contributed by atoms with Gasteiger partial charge >= 0.3 is 12.1 Å². The van der Waals surface area contributed by atoms with Gasteiger partial charge in [0.1, 0.15) is 11.6 Å². The van der Waals surface area contributed by atoms with Gasteiger partial charge in [-0.1, -0.05) is 23.2 Å². The van der Waals surface area contributed by atoms with Gasteiger partial charge in [-0.3, -0.25) is 4.98 Å². The summed E-state index contributed by atoms with van der Waals surface area (Å²) in [5.41, 5.74) is -1.73. The molecule has 0 aliphatic rings. The lowest BCUT2D eigenvalue weighted by Gasteiger charge is -2.17. The topological polar surface area (TPSA) is 68.7 Å². The molecule has 0 fully saturated rings. The molecule has 1 N–H and O–H groups in total. The van der Waals surface area contributed by atoms with E-state index in [1.165, 1.54) is 6.92 Å². The number of ether oxygens (including phenoxy) is 2. The van der Waals surface area contributed by atoms with Crippen LogP contribution in [0, 0.1) is 5.82 Å². The van der Waals surface area contributed by atoms with Crippen molar-refractivity contribution in [2.75, 3.05) is 6.61 Å². The van der Waals surface area contributed by atoms with Crippen LogP contribution in [0.25, 0.3) is 11.3 Å². The number of benzene rings is 1. The highest BCUT2D eigenvalue weighted by atomic mass is 35.5. The summed E-state index contributed by atoms with van der Waals surface area (Å²) >= 11 is 11.7. The minimum absolute atomic E-state index is 0.00885. The molecule has 1 atom stereocenters. The normalized spacial score (nSPS) is 12.7. The summed E-state index contributed by atoms with van der Waals surface area (Å²) in [6, 6.07) is 2.37. The van der Waals surface area contributed by atoms with E-state index in [2.05, 4.69) is 4.98 Å². The van der Waals surface area contributed by atoms with E-state index in [1.807, 2.05) is 0 Å². The quantitative estimate of drug-likeness (QED) is 0.516. The highest BCUT2D eigenvalue weighted by Gasteiger charge is 2.32. The van der Waals surface area contributed by atoms with Crippen molar-refractivity contribution < 1.29 is 36.9 Å². The minimum atomic E-state index is -4.67. The highest BCUT2D eigenvalue weighted by Crippen LogP contribution is 2.38. The Hall–Kier alpha value is -2.10. The van der Waals surface area contributed by atoms with E-state index in [-0.39, 0.29) is 28.6 Å². The number of alkyl halides is 3. The lowest BCUT2D eigenvalue weighted by Crippen LogP contribution is -2.30. The molecular formula is C16H11Cl2F4NO4. The SMILES string of the molecule is CCOC(Oc1cc(-c2ncc(C(F)(F)F)cc2Cl)c(F)cc1Cl)C(=O)O. The molecule has 0 bridgehead atoms. The molecule has 0 amide bonds. The van der Waals surface area contributed by atoms with Crippen molar-refractivity contribution >= 4 is 29.2 Å². The summed E-state index contributed by atoms with van der Waals surface area (Å²) in [4.78, 5) is 14.7. The second-order valence-corrected chi connectivity index (χ2v) is 5.87. The third-order valence-corrected chi connectivity index (χ3v) is 3.78. The molecule has 1 unspecified atom stereocenters. The number of carbonyl (C=O) groups is 1. The van der Waals surface area contributed by atoms with Gasteiger partial charge < -0.3 is 14.6 Å². The van der Waals surface area contributed by atoms with Gasteiger partial charge in [0.2, 0.25) is 0 Å². The van der Waals surface area contributed by atoms with Crippen LogP contribution in [0.15, 0.2) is 24.4 Å². The van der Waals surface area contributed by atoms with Crippen LogP contribution in [-0.4, -0.2) is 29.0 Å². The Labute approximate surface area is 160 Å². The molecule has 0 spiro atoms. The Balaban J connectivity index is 2.48. The van der Waals surface area contributed by atoms with Crippen molar-refractivity contribution in [2.45, 2.75) is 19.4 Å². The summed E-state index contributed by atoms with van der Waals surface area (Å²) in [6.45, 7) is 1.54. The van der Waals surface area contributed by atoms with Crippen LogP contribution in [-0.2, 0) is 15.7 Å². The Morgan fingerprint density at radius 3 is 2.44 bits per heavy atom.